The Morgan fingerprint density at radius 3 is 2.88 bits per heavy atom. The molecule has 5 heteroatoms. The van der Waals surface area contributed by atoms with Crippen molar-refractivity contribution >= 4 is 11.5 Å². The lowest BCUT2D eigenvalue weighted by atomic mass is 9.84. The number of pyridine rings is 1. The largest absolute Gasteiger partial charge is 0.496 e. The van der Waals surface area contributed by atoms with Gasteiger partial charge in [0.05, 0.1) is 13.7 Å². The molecule has 25 heavy (non-hydrogen) atoms. The molecule has 130 valence electrons. The highest BCUT2D eigenvalue weighted by Gasteiger charge is 2.29. The molecule has 0 fully saturated rings. The summed E-state index contributed by atoms with van der Waals surface area (Å²) in [5.74, 6) is 0.553. The number of fused-ring (bicyclic) bond motifs is 1. The Bertz CT molecular complexity index is 826. The summed E-state index contributed by atoms with van der Waals surface area (Å²) in [6.07, 6.45) is 5.59. The Kier molecular flexibility index (Phi) is 4.59. The summed E-state index contributed by atoms with van der Waals surface area (Å²) < 4.78 is 5.38. The lowest BCUT2D eigenvalue weighted by Crippen LogP contribution is -2.44. The number of aliphatic hydroxyl groups excluding tert-OH is 1. The lowest BCUT2D eigenvalue weighted by molar-refractivity contribution is 0.104. The number of hydrogen-bond acceptors (Lipinski definition) is 5. The minimum absolute atomic E-state index is 0.111. The average Bonchev–Trinajstić information content (AvgIpc) is 2.60. The summed E-state index contributed by atoms with van der Waals surface area (Å²) in [5.41, 5.74) is 3.79. The van der Waals surface area contributed by atoms with Crippen molar-refractivity contribution in [2.24, 2.45) is 0 Å². The van der Waals surface area contributed by atoms with Crippen molar-refractivity contribution < 1.29 is 14.6 Å². The maximum absolute atomic E-state index is 12.6. The molecule has 0 aliphatic carbocycles. The van der Waals surface area contributed by atoms with Crippen molar-refractivity contribution in [2.75, 3.05) is 7.11 Å². The number of ketones is 1. The third-order valence-electron chi connectivity index (χ3n) is 4.29. The fraction of sp³-hybridized carbons (Fsp3) is 0.300. The molecule has 2 aromatic rings. The molecular formula is C20H22N2O3. The summed E-state index contributed by atoms with van der Waals surface area (Å²) in [6.45, 7) is 4.05. The number of carbonyl (C=O) groups is 1. The maximum atomic E-state index is 12.6. The minimum Gasteiger partial charge on any atom is -0.496 e. The van der Waals surface area contributed by atoms with Gasteiger partial charge in [-0.05, 0) is 50.1 Å². The van der Waals surface area contributed by atoms with Crippen molar-refractivity contribution in [1.82, 2.24) is 10.3 Å². The molecule has 0 saturated heterocycles. The summed E-state index contributed by atoms with van der Waals surface area (Å²) in [7, 11) is 1.59. The second-order valence-electron chi connectivity index (χ2n) is 6.83. The van der Waals surface area contributed by atoms with Crippen LogP contribution in [-0.2, 0) is 13.0 Å². The number of rotatable bonds is 4. The molecule has 0 saturated carbocycles. The number of hydrogen-bond donors (Lipinski definition) is 2. The van der Waals surface area contributed by atoms with Gasteiger partial charge in [-0.15, -0.1) is 0 Å². The minimum atomic E-state index is -0.195. The van der Waals surface area contributed by atoms with Gasteiger partial charge in [0.1, 0.15) is 5.75 Å². The molecule has 2 heterocycles. The van der Waals surface area contributed by atoms with E-state index in [0.29, 0.717) is 16.9 Å². The molecule has 0 unspecified atom stereocenters. The Morgan fingerprint density at radius 2 is 2.24 bits per heavy atom. The fourth-order valence-corrected chi connectivity index (χ4v) is 3.17. The van der Waals surface area contributed by atoms with Gasteiger partial charge in [-0.1, -0.05) is 0 Å². The van der Waals surface area contributed by atoms with Crippen molar-refractivity contribution in [1.29, 1.82) is 0 Å². The molecule has 0 amide bonds. The van der Waals surface area contributed by atoms with Crippen LogP contribution >= 0.6 is 0 Å². The molecule has 1 aromatic carbocycles. The molecule has 0 radical (unpaired) electrons. The van der Waals surface area contributed by atoms with Gasteiger partial charge in [0.15, 0.2) is 5.78 Å². The van der Waals surface area contributed by atoms with Crippen LogP contribution in [0.2, 0.25) is 0 Å². The highest BCUT2D eigenvalue weighted by atomic mass is 16.5. The van der Waals surface area contributed by atoms with E-state index < -0.39 is 0 Å². The van der Waals surface area contributed by atoms with E-state index in [9.17, 15) is 9.90 Å². The zero-order valence-electron chi connectivity index (χ0n) is 14.7. The van der Waals surface area contributed by atoms with Crippen LogP contribution in [0.25, 0.3) is 5.70 Å². The van der Waals surface area contributed by atoms with E-state index in [0.717, 1.165) is 23.2 Å². The third-order valence-corrected chi connectivity index (χ3v) is 4.29. The van der Waals surface area contributed by atoms with Crippen LogP contribution in [0.4, 0.5) is 0 Å². The smallest absolute Gasteiger partial charge is 0.189 e. The van der Waals surface area contributed by atoms with E-state index in [2.05, 4.69) is 24.1 Å². The van der Waals surface area contributed by atoms with Crippen LogP contribution in [0.15, 0.2) is 42.7 Å². The van der Waals surface area contributed by atoms with Crippen LogP contribution in [-0.4, -0.2) is 28.5 Å². The number of aliphatic hydroxyl groups is 1. The maximum Gasteiger partial charge on any atom is 0.189 e. The number of aromatic nitrogens is 1. The quantitative estimate of drug-likeness (QED) is 0.662. The van der Waals surface area contributed by atoms with Crippen LogP contribution in [0.5, 0.6) is 5.75 Å². The molecule has 2 N–H and O–H groups in total. The number of carbonyl (C=O) groups excluding carboxylic acids is 1. The Hall–Kier alpha value is -2.66. The average molecular weight is 338 g/mol. The first-order valence-corrected chi connectivity index (χ1v) is 8.19. The van der Waals surface area contributed by atoms with E-state index in [1.165, 1.54) is 0 Å². The highest BCUT2D eigenvalue weighted by Crippen LogP contribution is 2.34. The number of nitrogens with zero attached hydrogens (tertiary/aromatic N) is 1. The van der Waals surface area contributed by atoms with Gasteiger partial charge in [-0.25, -0.2) is 0 Å². The SMILES string of the molecule is COc1cc2c(cc1CO)/C(=C/C(=O)c1cccnc1)NC(C)(C)C2. The molecule has 0 bridgehead atoms. The third kappa shape index (κ3) is 3.56. The van der Waals surface area contributed by atoms with Crippen LogP contribution in [0, 0.1) is 0 Å². The van der Waals surface area contributed by atoms with Gasteiger partial charge in [0, 0.05) is 46.4 Å². The van der Waals surface area contributed by atoms with Crippen LogP contribution < -0.4 is 10.1 Å². The Balaban J connectivity index is 2.09. The van der Waals surface area contributed by atoms with E-state index in [-0.39, 0.29) is 17.9 Å². The van der Waals surface area contributed by atoms with Gasteiger partial charge in [0.2, 0.25) is 0 Å². The molecule has 3 rings (SSSR count). The summed E-state index contributed by atoms with van der Waals surface area (Å²) >= 11 is 0. The molecular weight excluding hydrogens is 316 g/mol. The number of ether oxygens (including phenoxy) is 1. The lowest BCUT2D eigenvalue weighted by Gasteiger charge is -2.36. The summed E-state index contributed by atoms with van der Waals surface area (Å²) in [6, 6.07) is 7.33. The standard InChI is InChI=1S/C20H22N2O3/c1-20(2)10-14-8-19(25-3)15(12-23)7-16(14)17(22-20)9-18(24)13-5-4-6-21-11-13/h4-9,11,22-23H,10,12H2,1-3H3/b17-9-. The topological polar surface area (TPSA) is 71.5 Å². The molecule has 0 spiro atoms. The zero-order valence-corrected chi connectivity index (χ0v) is 14.7. The monoisotopic (exact) mass is 338 g/mol. The highest BCUT2D eigenvalue weighted by molar-refractivity contribution is 6.08. The van der Waals surface area contributed by atoms with E-state index >= 15 is 0 Å². The van der Waals surface area contributed by atoms with E-state index in [1.807, 2.05) is 12.1 Å². The van der Waals surface area contributed by atoms with E-state index in [4.69, 9.17) is 4.74 Å². The normalized spacial score (nSPS) is 16.9. The number of nitrogens with one attached hydrogen (secondary N) is 1. The van der Waals surface area contributed by atoms with Crippen molar-refractivity contribution in [2.45, 2.75) is 32.4 Å². The van der Waals surface area contributed by atoms with Crippen molar-refractivity contribution in [3.8, 4) is 5.75 Å². The van der Waals surface area contributed by atoms with Crippen LogP contribution in [0.3, 0.4) is 0 Å². The van der Waals surface area contributed by atoms with Gasteiger partial charge in [0.25, 0.3) is 0 Å². The number of methoxy groups -OCH3 is 1. The predicted molar refractivity (Wildman–Crippen MR) is 96.4 cm³/mol. The predicted octanol–water partition coefficient (Wildman–Crippen LogP) is 2.73. The summed E-state index contributed by atoms with van der Waals surface area (Å²) in [5, 5.41) is 13.0. The fourth-order valence-electron chi connectivity index (χ4n) is 3.17. The first-order chi connectivity index (χ1) is 11.9. The molecule has 1 aliphatic heterocycles. The number of allylic oxidation sites excluding steroid dienone is 1. The second kappa shape index (κ2) is 6.69. The number of benzene rings is 1. The van der Waals surface area contributed by atoms with Crippen LogP contribution in [0.1, 0.15) is 40.9 Å². The first-order valence-electron chi connectivity index (χ1n) is 8.19. The second-order valence-corrected chi connectivity index (χ2v) is 6.83. The first kappa shape index (κ1) is 17.2. The Morgan fingerprint density at radius 1 is 1.44 bits per heavy atom. The van der Waals surface area contributed by atoms with Gasteiger partial charge in [-0.3, -0.25) is 9.78 Å². The van der Waals surface area contributed by atoms with E-state index in [1.54, 1.807) is 37.7 Å². The molecule has 1 aliphatic rings. The van der Waals surface area contributed by atoms with Crippen molar-refractivity contribution in [3.05, 3.63) is 65.0 Å². The van der Waals surface area contributed by atoms with Gasteiger partial charge < -0.3 is 15.2 Å². The Labute approximate surface area is 147 Å². The molecule has 5 nitrogen and oxygen atoms in total. The zero-order chi connectivity index (χ0) is 18.0. The van der Waals surface area contributed by atoms with Gasteiger partial charge >= 0.3 is 0 Å². The summed E-state index contributed by atoms with van der Waals surface area (Å²) in [4.78, 5) is 16.6. The van der Waals surface area contributed by atoms with Gasteiger partial charge in [-0.2, -0.15) is 0 Å². The molecule has 1 aromatic heterocycles. The molecule has 0 atom stereocenters. The van der Waals surface area contributed by atoms with Crippen molar-refractivity contribution in [3.63, 3.8) is 0 Å².